The summed E-state index contributed by atoms with van der Waals surface area (Å²) in [5, 5.41) is 0. The molecule has 0 amide bonds. The van der Waals surface area contributed by atoms with Gasteiger partial charge >= 0.3 is 0 Å². The lowest BCUT2D eigenvalue weighted by atomic mass is 10.1. The van der Waals surface area contributed by atoms with Crippen molar-refractivity contribution in [1.29, 1.82) is 0 Å². The molecule has 0 aromatic heterocycles. The van der Waals surface area contributed by atoms with E-state index in [-0.39, 0.29) is 0 Å². The van der Waals surface area contributed by atoms with Crippen molar-refractivity contribution >= 4 is 9.39 Å². The minimum atomic E-state index is 0.397. The molecule has 1 unspecified atom stereocenters. The van der Waals surface area contributed by atoms with Crippen LogP contribution in [0.2, 0.25) is 0 Å². The summed E-state index contributed by atoms with van der Waals surface area (Å²) in [6.45, 7) is 2.23. The van der Waals surface area contributed by atoms with Gasteiger partial charge in [-0.1, -0.05) is 27.6 Å². The van der Waals surface area contributed by atoms with E-state index in [1.807, 2.05) is 30.3 Å². The van der Waals surface area contributed by atoms with Gasteiger partial charge in [-0.15, -0.1) is 0 Å². The molecule has 1 aromatic carbocycles. The number of para-hydroxylation sites is 1. The van der Waals surface area contributed by atoms with Crippen LogP contribution in [0.4, 0.5) is 0 Å². The Kier molecular flexibility index (Phi) is 3.39. The van der Waals surface area contributed by atoms with Crippen LogP contribution in [0.25, 0.3) is 0 Å². The van der Waals surface area contributed by atoms with Crippen LogP contribution in [0.15, 0.2) is 30.3 Å². The van der Waals surface area contributed by atoms with Crippen molar-refractivity contribution in [3.63, 3.8) is 0 Å². The van der Waals surface area contributed by atoms with Gasteiger partial charge in [0.2, 0.25) is 0 Å². The van der Waals surface area contributed by atoms with Gasteiger partial charge in [0.15, 0.2) is 0 Å². The zero-order chi connectivity index (χ0) is 9.80. The molecule has 0 bridgehead atoms. The Morgan fingerprint density at radius 3 is 2.43 bits per heavy atom. The summed E-state index contributed by atoms with van der Waals surface area (Å²) < 4.78 is 8.14. The number of benzene rings is 1. The van der Waals surface area contributed by atoms with Crippen LogP contribution >= 0.6 is 9.39 Å². The van der Waals surface area contributed by atoms with Crippen molar-refractivity contribution in [1.82, 2.24) is 4.67 Å². The number of hydrogen-bond acceptors (Lipinski definition) is 2. The van der Waals surface area contributed by atoms with Crippen LogP contribution in [0, 0.1) is 0 Å². The average molecular weight is 209 g/mol. The second kappa shape index (κ2) is 4.77. The molecule has 0 aliphatic carbocycles. The summed E-state index contributed by atoms with van der Waals surface area (Å²) in [7, 11) is 2.75. The van der Waals surface area contributed by atoms with E-state index in [9.17, 15) is 0 Å². The first-order valence-electron chi connectivity index (χ1n) is 5.06. The van der Waals surface area contributed by atoms with Gasteiger partial charge in [0.25, 0.3) is 0 Å². The maximum atomic E-state index is 5.87. The molecule has 0 spiro atoms. The minimum Gasteiger partial charge on any atom is -0.490 e. The number of piperidine rings is 1. The van der Waals surface area contributed by atoms with Crippen molar-refractivity contribution in [2.75, 3.05) is 13.1 Å². The lowest BCUT2D eigenvalue weighted by Crippen LogP contribution is -2.32. The fourth-order valence-electron chi connectivity index (χ4n) is 1.69. The Hall–Kier alpha value is -0.590. The Labute approximate surface area is 87.5 Å². The molecule has 0 radical (unpaired) electrons. The Bertz CT molecular complexity index is 270. The van der Waals surface area contributed by atoms with Gasteiger partial charge < -0.3 is 4.74 Å². The molecule has 2 rings (SSSR count). The third-order valence-electron chi connectivity index (χ3n) is 2.52. The van der Waals surface area contributed by atoms with Gasteiger partial charge in [0.1, 0.15) is 11.9 Å². The van der Waals surface area contributed by atoms with Gasteiger partial charge in [-0.3, -0.25) is 4.67 Å². The van der Waals surface area contributed by atoms with Crippen molar-refractivity contribution < 1.29 is 4.74 Å². The van der Waals surface area contributed by atoms with Crippen LogP contribution in [0.5, 0.6) is 5.75 Å². The van der Waals surface area contributed by atoms with E-state index >= 15 is 0 Å². The van der Waals surface area contributed by atoms with Gasteiger partial charge in [0.05, 0.1) is 0 Å². The summed E-state index contributed by atoms with van der Waals surface area (Å²) in [6.07, 6.45) is 2.64. The molecule has 1 heterocycles. The highest BCUT2D eigenvalue weighted by molar-refractivity contribution is 7.13. The molecule has 0 saturated carbocycles. The summed E-state index contributed by atoms with van der Waals surface area (Å²) in [5.74, 6) is 0.995. The zero-order valence-electron chi connectivity index (χ0n) is 8.23. The van der Waals surface area contributed by atoms with Crippen LogP contribution < -0.4 is 4.74 Å². The summed E-state index contributed by atoms with van der Waals surface area (Å²) in [6, 6.07) is 10.1. The smallest absolute Gasteiger partial charge is 0.119 e. The predicted molar refractivity (Wildman–Crippen MR) is 61.4 cm³/mol. The molecule has 1 atom stereocenters. The van der Waals surface area contributed by atoms with Gasteiger partial charge in [-0.25, -0.2) is 0 Å². The molecule has 3 heteroatoms. The SMILES string of the molecule is PN1CCC(Oc2ccccc2)CC1. The predicted octanol–water partition coefficient (Wildman–Crippen LogP) is 2.32. The largest absolute Gasteiger partial charge is 0.490 e. The molecule has 1 aliphatic heterocycles. The molecule has 1 fully saturated rings. The first-order valence-corrected chi connectivity index (χ1v) is 5.57. The van der Waals surface area contributed by atoms with Crippen LogP contribution in [0.1, 0.15) is 12.8 Å². The maximum Gasteiger partial charge on any atom is 0.119 e. The fourth-order valence-corrected chi connectivity index (χ4v) is 1.98. The van der Waals surface area contributed by atoms with Crippen LogP contribution in [-0.4, -0.2) is 23.9 Å². The van der Waals surface area contributed by atoms with E-state index in [1.165, 1.54) is 0 Å². The fraction of sp³-hybridized carbons (Fsp3) is 0.455. The first-order chi connectivity index (χ1) is 6.84. The van der Waals surface area contributed by atoms with Crippen LogP contribution in [0.3, 0.4) is 0 Å². The molecule has 1 aromatic rings. The van der Waals surface area contributed by atoms with E-state index in [0.717, 1.165) is 31.7 Å². The van der Waals surface area contributed by atoms with Gasteiger partial charge in [0, 0.05) is 13.1 Å². The topological polar surface area (TPSA) is 12.5 Å². The van der Waals surface area contributed by atoms with E-state index in [0.29, 0.717) is 6.10 Å². The first kappa shape index (κ1) is 9.95. The summed E-state index contributed by atoms with van der Waals surface area (Å²) in [5.41, 5.74) is 0. The van der Waals surface area contributed by atoms with E-state index in [4.69, 9.17) is 4.74 Å². The second-order valence-electron chi connectivity index (χ2n) is 3.67. The normalized spacial score (nSPS) is 19.5. The highest BCUT2D eigenvalue weighted by Gasteiger charge is 2.17. The van der Waals surface area contributed by atoms with E-state index in [2.05, 4.69) is 14.1 Å². The molecular formula is C11H16NOP. The standard InChI is InChI=1S/C11H16NOP/c14-12-8-6-11(7-9-12)13-10-4-2-1-3-5-10/h1-5,11H,6-9,14H2. The number of rotatable bonds is 2. The summed E-state index contributed by atoms with van der Waals surface area (Å²) in [4.78, 5) is 0. The van der Waals surface area contributed by atoms with Crippen molar-refractivity contribution in [2.45, 2.75) is 18.9 Å². The van der Waals surface area contributed by atoms with Crippen molar-refractivity contribution in [3.8, 4) is 5.75 Å². The highest BCUT2D eigenvalue weighted by atomic mass is 31.0. The molecule has 14 heavy (non-hydrogen) atoms. The summed E-state index contributed by atoms with van der Waals surface area (Å²) >= 11 is 0. The highest BCUT2D eigenvalue weighted by Crippen LogP contribution is 2.19. The average Bonchev–Trinajstić information content (AvgIpc) is 2.23. The molecule has 2 nitrogen and oxygen atoms in total. The lowest BCUT2D eigenvalue weighted by molar-refractivity contribution is 0.138. The Morgan fingerprint density at radius 1 is 1.14 bits per heavy atom. The molecule has 0 N–H and O–H groups in total. The van der Waals surface area contributed by atoms with Crippen LogP contribution in [-0.2, 0) is 0 Å². The minimum absolute atomic E-state index is 0.397. The molecule has 1 aliphatic rings. The maximum absolute atomic E-state index is 5.87. The van der Waals surface area contributed by atoms with Gasteiger partial charge in [-0.2, -0.15) is 0 Å². The zero-order valence-corrected chi connectivity index (χ0v) is 9.38. The monoisotopic (exact) mass is 209 g/mol. The molecular weight excluding hydrogens is 193 g/mol. The van der Waals surface area contributed by atoms with Crippen molar-refractivity contribution in [2.24, 2.45) is 0 Å². The quantitative estimate of drug-likeness (QED) is 0.693. The number of nitrogens with zero attached hydrogens (tertiary/aromatic N) is 1. The number of hydrogen-bond donors (Lipinski definition) is 0. The van der Waals surface area contributed by atoms with Gasteiger partial charge in [-0.05, 0) is 25.0 Å². The lowest BCUT2D eigenvalue weighted by Gasteiger charge is -2.29. The third kappa shape index (κ3) is 2.70. The molecule has 1 saturated heterocycles. The third-order valence-corrected chi connectivity index (χ3v) is 3.04. The van der Waals surface area contributed by atoms with E-state index < -0.39 is 0 Å². The molecule has 76 valence electrons. The van der Waals surface area contributed by atoms with Crippen molar-refractivity contribution in [3.05, 3.63) is 30.3 Å². The second-order valence-corrected chi connectivity index (χ2v) is 4.40. The number of ether oxygens (including phenoxy) is 1. The Morgan fingerprint density at radius 2 is 1.79 bits per heavy atom. The Balaban J connectivity index is 1.87. The van der Waals surface area contributed by atoms with E-state index in [1.54, 1.807) is 0 Å².